The largest absolute Gasteiger partial charge is 0.357 e. The molecule has 96 valence electrons. The van der Waals surface area contributed by atoms with E-state index in [2.05, 4.69) is 66.6 Å². The summed E-state index contributed by atoms with van der Waals surface area (Å²) in [6.45, 7) is 5.06. The second-order valence-electron chi connectivity index (χ2n) is 4.77. The van der Waals surface area contributed by atoms with Crippen LogP contribution >= 0.6 is 11.3 Å². The summed E-state index contributed by atoms with van der Waals surface area (Å²) in [5, 5.41) is 4.41. The van der Waals surface area contributed by atoms with Gasteiger partial charge in [-0.25, -0.2) is 4.98 Å². The molecule has 3 aromatic rings. The molecule has 0 aliphatic heterocycles. The van der Waals surface area contributed by atoms with Gasteiger partial charge in [0.25, 0.3) is 0 Å². The van der Waals surface area contributed by atoms with Crippen molar-refractivity contribution in [2.45, 2.75) is 20.4 Å². The summed E-state index contributed by atoms with van der Waals surface area (Å²) >= 11 is 1.71. The van der Waals surface area contributed by atoms with Gasteiger partial charge < -0.3 is 5.32 Å². The predicted molar refractivity (Wildman–Crippen MR) is 82.9 cm³/mol. The van der Waals surface area contributed by atoms with Gasteiger partial charge in [0.05, 0.1) is 10.2 Å². The highest BCUT2D eigenvalue weighted by atomic mass is 32.1. The maximum Gasteiger partial charge on any atom is 0.184 e. The van der Waals surface area contributed by atoms with Crippen molar-refractivity contribution < 1.29 is 0 Å². The van der Waals surface area contributed by atoms with Crippen LogP contribution in [-0.2, 0) is 6.54 Å². The molecule has 0 bridgehead atoms. The molecule has 0 fully saturated rings. The molecule has 0 radical (unpaired) electrons. The molecule has 0 saturated heterocycles. The molecule has 1 aromatic heterocycles. The SMILES string of the molecule is Cc1ccc2sc(NCc3ccccc3C)nc2c1. The molecule has 2 nitrogen and oxygen atoms in total. The van der Waals surface area contributed by atoms with Crippen LogP contribution in [0.25, 0.3) is 10.2 Å². The number of fused-ring (bicyclic) bond motifs is 1. The van der Waals surface area contributed by atoms with Crippen LogP contribution in [-0.4, -0.2) is 4.98 Å². The molecular formula is C16H16N2S. The van der Waals surface area contributed by atoms with Crippen LogP contribution in [0.15, 0.2) is 42.5 Å². The second kappa shape index (κ2) is 5.02. The molecule has 0 saturated carbocycles. The lowest BCUT2D eigenvalue weighted by atomic mass is 10.1. The molecule has 0 spiro atoms. The highest BCUT2D eigenvalue weighted by Crippen LogP contribution is 2.27. The molecule has 0 atom stereocenters. The van der Waals surface area contributed by atoms with E-state index in [0.717, 1.165) is 17.2 Å². The van der Waals surface area contributed by atoms with Crippen molar-refractivity contribution in [1.29, 1.82) is 0 Å². The number of nitrogens with zero attached hydrogens (tertiary/aromatic N) is 1. The zero-order valence-electron chi connectivity index (χ0n) is 11.1. The molecule has 3 heteroatoms. The number of rotatable bonds is 3. The fourth-order valence-electron chi connectivity index (χ4n) is 2.09. The lowest BCUT2D eigenvalue weighted by molar-refractivity contribution is 1.11. The number of benzene rings is 2. The fourth-order valence-corrected chi connectivity index (χ4v) is 2.93. The Labute approximate surface area is 117 Å². The highest BCUT2D eigenvalue weighted by molar-refractivity contribution is 7.22. The van der Waals surface area contributed by atoms with Crippen LogP contribution in [0.2, 0.25) is 0 Å². The van der Waals surface area contributed by atoms with Crippen molar-refractivity contribution >= 4 is 26.7 Å². The van der Waals surface area contributed by atoms with Crippen LogP contribution in [0, 0.1) is 13.8 Å². The van der Waals surface area contributed by atoms with Gasteiger partial charge in [0.1, 0.15) is 0 Å². The van der Waals surface area contributed by atoms with Crippen molar-refractivity contribution in [3.05, 3.63) is 59.2 Å². The third-order valence-electron chi connectivity index (χ3n) is 3.23. The smallest absolute Gasteiger partial charge is 0.184 e. The van der Waals surface area contributed by atoms with E-state index in [4.69, 9.17) is 0 Å². The summed E-state index contributed by atoms with van der Waals surface area (Å²) in [5.74, 6) is 0. The maximum atomic E-state index is 4.63. The average molecular weight is 268 g/mol. The minimum atomic E-state index is 0.825. The van der Waals surface area contributed by atoms with Gasteiger partial charge in [-0.2, -0.15) is 0 Å². The van der Waals surface area contributed by atoms with Gasteiger partial charge in [0, 0.05) is 6.54 Å². The van der Waals surface area contributed by atoms with E-state index in [1.165, 1.54) is 21.4 Å². The van der Waals surface area contributed by atoms with E-state index >= 15 is 0 Å². The van der Waals surface area contributed by atoms with E-state index in [9.17, 15) is 0 Å². The first-order valence-corrected chi connectivity index (χ1v) is 7.19. The third kappa shape index (κ3) is 2.61. The summed E-state index contributed by atoms with van der Waals surface area (Å²) in [4.78, 5) is 4.63. The van der Waals surface area contributed by atoms with E-state index in [0.29, 0.717) is 0 Å². The standard InChI is InChI=1S/C16H16N2S/c1-11-7-8-15-14(9-11)18-16(19-15)17-10-13-6-4-3-5-12(13)2/h3-9H,10H2,1-2H3,(H,17,18). The van der Waals surface area contributed by atoms with Gasteiger partial charge in [-0.05, 0) is 42.7 Å². The first-order valence-electron chi connectivity index (χ1n) is 6.38. The Bertz CT molecular complexity index is 716. The van der Waals surface area contributed by atoms with E-state index in [1.54, 1.807) is 11.3 Å². The van der Waals surface area contributed by atoms with Crippen LogP contribution in [0.3, 0.4) is 0 Å². The molecule has 1 heterocycles. The summed E-state index contributed by atoms with van der Waals surface area (Å²) in [7, 11) is 0. The van der Waals surface area contributed by atoms with Gasteiger partial charge in [-0.15, -0.1) is 0 Å². The van der Waals surface area contributed by atoms with Crippen molar-refractivity contribution in [3.8, 4) is 0 Å². The molecular weight excluding hydrogens is 252 g/mol. The lowest BCUT2D eigenvalue weighted by Crippen LogP contribution is -2.00. The topological polar surface area (TPSA) is 24.9 Å². The van der Waals surface area contributed by atoms with Gasteiger partial charge in [0.2, 0.25) is 0 Å². The Kier molecular flexibility index (Phi) is 3.22. The molecule has 19 heavy (non-hydrogen) atoms. The summed E-state index contributed by atoms with van der Waals surface area (Å²) in [6, 6.07) is 14.8. The van der Waals surface area contributed by atoms with Gasteiger partial charge in [0.15, 0.2) is 5.13 Å². The molecule has 0 unspecified atom stereocenters. The number of thiazole rings is 1. The monoisotopic (exact) mass is 268 g/mol. The molecule has 2 aromatic carbocycles. The minimum Gasteiger partial charge on any atom is -0.357 e. The number of hydrogen-bond acceptors (Lipinski definition) is 3. The number of aromatic nitrogens is 1. The van der Waals surface area contributed by atoms with Crippen molar-refractivity contribution in [2.75, 3.05) is 5.32 Å². The molecule has 3 rings (SSSR count). The average Bonchev–Trinajstić information content (AvgIpc) is 2.79. The van der Waals surface area contributed by atoms with Crippen molar-refractivity contribution in [3.63, 3.8) is 0 Å². The normalized spacial score (nSPS) is 10.8. The Morgan fingerprint density at radius 2 is 1.95 bits per heavy atom. The van der Waals surface area contributed by atoms with Gasteiger partial charge >= 0.3 is 0 Å². The lowest BCUT2D eigenvalue weighted by Gasteiger charge is -2.05. The first kappa shape index (κ1) is 12.2. The zero-order chi connectivity index (χ0) is 13.2. The van der Waals surface area contributed by atoms with Crippen LogP contribution < -0.4 is 5.32 Å². The van der Waals surface area contributed by atoms with Gasteiger partial charge in [-0.1, -0.05) is 41.7 Å². The molecule has 1 N–H and O–H groups in total. The van der Waals surface area contributed by atoms with Gasteiger partial charge in [-0.3, -0.25) is 0 Å². The Hall–Kier alpha value is -1.87. The van der Waals surface area contributed by atoms with Crippen LogP contribution in [0.1, 0.15) is 16.7 Å². The second-order valence-corrected chi connectivity index (χ2v) is 5.80. The van der Waals surface area contributed by atoms with Crippen LogP contribution in [0.5, 0.6) is 0 Å². The van der Waals surface area contributed by atoms with E-state index < -0.39 is 0 Å². The maximum absolute atomic E-state index is 4.63. The minimum absolute atomic E-state index is 0.825. The fraction of sp³-hybridized carbons (Fsp3) is 0.188. The van der Waals surface area contributed by atoms with E-state index in [-0.39, 0.29) is 0 Å². The summed E-state index contributed by atoms with van der Waals surface area (Å²) < 4.78 is 1.23. The summed E-state index contributed by atoms with van der Waals surface area (Å²) in [5.41, 5.74) is 4.96. The molecule has 0 aliphatic rings. The Morgan fingerprint density at radius 3 is 2.79 bits per heavy atom. The zero-order valence-corrected chi connectivity index (χ0v) is 11.9. The number of nitrogens with one attached hydrogen (secondary N) is 1. The van der Waals surface area contributed by atoms with E-state index in [1.807, 2.05) is 0 Å². The highest BCUT2D eigenvalue weighted by Gasteiger charge is 2.04. The number of hydrogen-bond donors (Lipinski definition) is 1. The quantitative estimate of drug-likeness (QED) is 0.755. The van der Waals surface area contributed by atoms with Crippen molar-refractivity contribution in [2.24, 2.45) is 0 Å². The first-order chi connectivity index (χ1) is 9.22. The molecule has 0 aliphatic carbocycles. The third-order valence-corrected chi connectivity index (χ3v) is 4.23. The summed E-state index contributed by atoms with van der Waals surface area (Å²) in [6.07, 6.45) is 0. The Balaban J connectivity index is 1.80. The van der Waals surface area contributed by atoms with Crippen LogP contribution in [0.4, 0.5) is 5.13 Å². The predicted octanol–water partition coefficient (Wildman–Crippen LogP) is 4.53. The number of anilines is 1. The Morgan fingerprint density at radius 1 is 1.11 bits per heavy atom. The molecule has 0 amide bonds. The van der Waals surface area contributed by atoms with Crippen molar-refractivity contribution in [1.82, 2.24) is 4.98 Å². The number of aryl methyl sites for hydroxylation is 2.